The van der Waals surface area contributed by atoms with Gasteiger partial charge in [0, 0.05) is 0 Å². The number of rotatable bonds is 7. The molecule has 5 amide bonds. The highest BCUT2D eigenvalue weighted by atomic mass is 19.1. The molecule has 3 aromatic carbocycles. The van der Waals surface area contributed by atoms with E-state index in [9.17, 15) is 23.6 Å². The number of methoxy groups -OCH3 is 1. The number of benzene rings is 3. The molecule has 38 heavy (non-hydrogen) atoms. The molecule has 0 radical (unpaired) electrons. The quantitative estimate of drug-likeness (QED) is 0.360. The zero-order chi connectivity index (χ0) is 27.4. The minimum atomic E-state index is -0.838. The Labute approximate surface area is 217 Å². The molecule has 1 aliphatic heterocycles. The van der Waals surface area contributed by atoms with Crippen LogP contribution in [-0.4, -0.2) is 37.5 Å². The minimum Gasteiger partial charge on any atom is -0.493 e. The maximum atomic E-state index is 13.7. The highest BCUT2D eigenvalue weighted by Gasteiger charge is 2.37. The summed E-state index contributed by atoms with van der Waals surface area (Å²) >= 11 is 0. The van der Waals surface area contributed by atoms with Crippen molar-refractivity contribution in [2.45, 2.75) is 13.8 Å². The number of ether oxygens (including phenoxy) is 2. The number of urea groups is 1. The third-order valence-electron chi connectivity index (χ3n) is 5.86. The van der Waals surface area contributed by atoms with Crippen LogP contribution >= 0.6 is 0 Å². The third-order valence-corrected chi connectivity index (χ3v) is 5.86. The van der Waals surface area contributed by atoms with Crippen LogP contribution < -0.4 is 25.0 Å². The van der Waals surface area contributed by atoms with Crippen molar-refractivity contribution >= 4 is 41.2 Å². The highest BCUT2D eigenvalue weighted by Crippen LogP contribution is 2.30. The van der Waals surface area contributed by atoms with E-state index in [-0.39, 0.29) is 22.8 Å². The Kier molecular flexibility index (Phi) is 7.52. The number of amides is 5. The molecule has 10 heteroatoms. The number of hydrogen-bond donors (Lipinski definition) is 2. The molecule has 1 saturated heterocycles. The molecule has 1 fully saturated rings. The molecule has 0 unspecified atom stereocenters. The molecule has 194 valence electrons. The Morgan fingerprint density at radius 3 is 2.47 bits per heavy atom. The largest absolute Gasteiger partial charge is 0.493 e. The average Bonchev–Trinajstić information content (AvgIpc) is 2.89. The van der Waals surface area contributed by atoms with Crippen molar-refractivity contribution in [3.05, 3.63) is 88.7 Å². The fourth-order valence-corrected chi connectivity index (χ4v) is 3.71. The topological polar surface area (TPSA) is 114 Å². The number of nitrogens with zero attached hydrogens (tertiary/aromatic N) is 1. The van der Waals surface area contributed by atoms with Gasteiger partial charge in [-0.3, -0.25) is 19.7 Å². The van der Waals surface area contributed by atoms with Crippen LogP contribution in [0.5, 0.6) is 11.5 Å². The second kappa shape index (κ2) is 11.0. The molecule has 0 bridgehead atoms. The summed E-state index contributed by atoms with van der Waals surface area (Å²) in [5, 5.41) is 4.61. The molecule has 1 heterocycles. The van der Waals surface area contributed by atoms with Gasteiger partial charge >= 0.3 is 6.03 Å². The third kappa shape index (κ3) is 5.54. The molecule has 0 saturated carbocycles. The van der Waals surface area contributed by atoms with Crippen LogP contribution in [0.4, 0.5) is 20.6 Å². The van der Waals surface area contributed by atoms with Crippen molar-refractivity contribution < 1.29 is 33.0 Å². The van der Waals surface area contributed by atoms with Crippen molar-refractivity contribution in [2.24, 2.45) is 0 Å². The Bertz CT molecular complexity index is 1480. The van der Waals surface area contributed by atoms with Crippen molar-refractivity contribution in [1.82, 2.24) is 5.32 Å². The van der Waals surface area contributed by atoms with Gasteiger partial charge in [0.05, 0.1) is 18.5 Å². The van der Waals surface area contributed by atoms with Crippen LogP contribution in [0.1, 0.15) is 16.7 Å². The summed E-state index contributed by atoms with van der Waals surface area (Å²) in [7, 11) is 1.39. The van der Waals surface area contributed by atoms with Crippen molar-refractivity contribution in [1.29, 1.82) is 0 Å². The maximum Gasteiger partial charge on any atom is 0.335 e. The zero-order valence-electron chi connectivity index (χ0n) is 20.8. The molecule has 4 rings (SSSR count). The second-order valence-corrected chi connectivity index (χ2v) is 8.45. The van der Waals surface area contributed by atoms with E-state index in [0.717, 1.165) is 16.0 Å². The molecule has 3 aromatic rings. The zero-order valence-corrected chi connectivity index (χ0v) is 20.8. The summed E-state index contributed by atoms with van der Waals surface area (Å²) in [4.78, 5) is 51.2. The number of carbonyl (C=O) groups is 4. The van der Waals surface area contributed by atoms with E-state index in [4.69, 9.17) is 9.47 Å². The lowest BCUT2D eigenvalue weighted by Gasteiger charge is -2.26. The van der Waals surface area contributed by atoms with Gasteiger partial charge in [-0.15, -0.1) is 0 Å². The van der Waals surface area contributed by atoms with E-state index in [0.29, 0.717) is 11.3 Å². The number of imide groups is 2. The molecule has 2 N–H and O–H groups in total. The lowest BCUT2D eigenvalue weighted by molar-refractivity contribution is -0.122. The highest BCUT2D eigenvalue weighted by molar-refractivity contribution is 6.39. The van der Waals surface area contributed by atoms with Gasteiger partial charge in [-0.25, -0.2) is 14.1 Å². The van der Waals surface area contributed by atoms with Crippen LogP contribution in [0.2, 0.25) is 0 Å². The summed E-state index contributed by atoms with van der Waals surface area (Å²) in [6.07, 6.45) is 1.33. The smallest absolute Gasteiger partial charge is 0.335 e. The molecule has 9 nitrogen and oxygen atoms in total. The van der Waals surface area contributed by atoms with Gasteiger partial charge < -0.3 is 14.8 Å². The Hall–Kier alpha value is -4.99. The first-order valence-electron chi connectivity index (χ1n) is 11.5. The molecule has 0 aromatic heterocycles. The molecular formula is C28H24FN3O6. The molecule has 0 spiro atoms. The average molecular weight is 518 g/mol. The summed E-state index contributed by atoms with van der Waals surface area (Å²) in [5.41, 5.74) is 2.40. The first-order valence-corrected chi connectivity index (χ1v) is 11.5. The first kappa shape index (κ1) is 26.1. The summed E-state index contributed by atoms with van der Waals surface area (Å²) in [6.45, 7) is 3.34. The number of aryl methyl sites for hydroxylation is 2. The van der Waals surface area contributed by atoms with Gasteiger partial charge in [-0.05, 0) is 73.0 Å². The van der Waals surface area contributed by atoms with E-state index in [1.807, 2.05) is 13.8 Å². The molecule has 0 aliphatic carbocycles. The predicted molar refractivity (Wildman–Crippen MR) is 138 cm³/mol. The lowest BCUT2D eigenvalue weighted by atomic mass is 10.0. The fourth-order valence-electron chi connectivity index (χ4n) is 3.71. The Morgan fingerprint density at radius 2 is 1.76 bits per heavy atom. The Balaban J connectivity index is 1.53. The standard InChI is InChI=1S/C28H24FN3O6/c1-16-8-10-19(12-17(16)2)32-27(35)20(26(34)31-28(32)36)13-18-9-11-23(24(14-18)37-3)38-15-25(33)30-22-7-5-4-6-21(22)29/h4-14H,15H2,1-3H3,(H,30,33)(H,31,34,36)/b20-13-. The minimum absolute atomic E-state index is 0.0267. The van der Waals surface area contributed by atoms with Gasteiger partial charge in [0.25, 0.3) is 17.7 Å². The van der Waals surface area contributed by atoms with Crippen LogP contribution in [0.15, 0.2) is 66.2 Å². The molecule has 1 aliphatic rings. The predicted octanol–water partition coefficient (Wildman–Crippen LogP) is 4.14. The van der Waals surface area contributed by atoms with E-state index in [1.54, 1.807) is 30.3 Å². The van der Waals surface area contributed by atoms with Crippen LogP contribution in [0, 0.1) is 19.7 Å². The van der Waals surface area contributed by atoms with Gasteiger partial charge in [0.15, 0.2) is 18.1 Å². The Morgan fingerprint density at radius 1 is 1.00 bits per heavy atom. The van der Waals surface area contributed by atoms with E-state index in [2.05, 4.69) is 10.6 Å². The maximum absolute atomic E-state index is 13.7. The number of carbonyl (C=O) groups excluding carboxylic acids is 4. The molecular weight excluding hydrogens is 493 g/mol. The second-order valence-electron chi connectivity index (χ2n) is 8.45. The fraction of sp³-hybridized carbons (Fsp3) is 0.143. The number of anilines is 2. The number of barbiturate groups is 1. The monoisotopic (exact) mass is 517 g/mol. The van der Waals surface area contributed by atoms with E-state index >= 15 is 0 Å². The number of halogens is 1. The summed E-state index contributed by atoms with van der Waals surface area (Å²) in [6, 6.07) is 14.6. The van der Waals surface area contributed by atoms with Gasteiger partial charge in [0.2, 0.25) is 0 Å². The SMILES string of the molecule is COc1cc(/C=C2/C(=O)NC(=O)N(c3ccc(C)c(C)c3)C2=O)ccc1OCC(=O)Nc1ccccc1F. The van der Waals surface area contributed by atoms with Crippen molar-refractivity contribution in [3.63, 3.8) is 0 Å². The van der Waals surface area contributed by atoms with Crippen LogP contribution in [0.3, 0.4) is 0 Å². The van der Waals surface area contributed by atoms with Crippen LogP contribution in [-0.2, 0) is 14.4 Å². The van der Waals surface area contributed by atoms with E-state index < -0.39 is 36.2 Å². The van der Waals surface area contributed by atoms with Gasteiger partial charge in [-0.1, -0.05) is 24.3 Å². The first-order chi connectivity index (χ1) is 18.2. The lowest BCUT2D eigenvalue weighted by Crippen LogP contribution is -2.54. The number of nitrogens with one attached hydrogen (secondary N) is 2. The summed E-state index contributed by atoms with van der Waals surface area (Å²) in [5.74, 6) is -2.32. The summed E-state index contributed by atoms with van der Waals surface area (Å²) < 4.78 is 24.6. The van der Waals surface area contributed by atoms with Crippen molar-refractivity contribution in [3.8, 4) is 11.5 Å². The van der Waals surface area contributed by atoms with Gasteiger partial charge in [-0.2, -0.15) is 0 Å². The van der Waals surface area contributed by atoms with E-state index in [1.165, 1.54) is 43.5 Å². The van der Waals surface area contributed by atoms with Crippen molar-refractivity contribution in [2.75, 3.05) is 23.9 Å². The number of hydrogen-bond acceptors (Lipinski definition) is 6. The number of para-hydroxylation sites is 1. The normalized spacial score (nSPS) is 14.4. The molecule has 0 atom stereocenters. The van der Waals surface area contributed by atoms with Gasteiger partial charge in [0.1, 0.15) is 11.4 Å². The van der Waals surface area contributed by atoms with Crippen LogP contribution in [0.25, 0.3) is 6.08 Å².